The number of carbonyl (C=O) groups is 2. The smallest absolute Gasteiger partial charge is 0.244 e. The molecular weight excluding hydrogens is 350 g/mol. The summed E-state index contributed by atoms with van der Waals surface area (Å²) in [4.78, 5) is 29.7. The summed E-state index contributed by atoms with van der Waals surface area (Å²) in [7, 11) is 0. The molecule has 2 aliphatic rings. The number of benzene rings is 2. The van der Waals surface area contributed by atoms with Gasteiger partial charge in [-0.2, -0.15) is 0 Å². The minimum Gasteiger partial charge on any atom is -0.326 e. The van der Waals surface area contributed by atoms with Crippen LogP contribution in [0.3, 0.4) is 0 Å². The summed E-state index contributed by atoms with van der Waals surface area (Å²) in [5, 5.41) is 3.00. The molecule has 1 unspecified atom stereocenters. The van der Waals surface area contributed by atoms with Crippen LogP contribution >= 0.6 is 0 Å². The van der Waals surface area contributed by atoms with Gasteiger partial charge in [0.05, 0.1) is 6.04 Å². The second-order valence-electron chi connectivity index (χ2n) is 7.71. The highest BCUT2D eigenvalue weighted by molar-refractivity contribution is 5.98. The first kappa shape index (κ1) is 18.7. The Morgan fingerprint density at radius 1 is 0.964 bits per heavy atom. The molecule has 1 saturated heterocycles. The second kappa shape index (κ2) is 8.15. The van der Waals surface area contributed by atoms with E-state index in [1.54, 1.807) is 0 Å². The number of piperidine rings is 1. The van der Waals surface area contributed by atoms with Crippen LogP contribution < -0.4 is 10.2 Å². The van der Waals surface area contributed by atoms with Gasteiger partial charge in [0.25, 0.3) is 0 Å². The summed E-state index contributed by atoms with van der Waals surface area (Å²) < 4.78 is 0. The van der Waals surface area contributed by atoms with E-state index in [0.717, 1.165) is 50.3 Å². The fourth-order valence-electron chi connectivity index (χ4n) is 4.26. The minimum absolute atomic E-state index is 0.00581. The molecule has 4 rings (SSSR count). The molecule has 146 valence electrons. The Bertz CT molecular complexity index is 844. The molecule has 28 heavy (non-hydrogen) atoms. The van der Waals surface area contributed by atoms with Gasteiger partial charge in [0.2, 0.25) is 11.8 Å². The number of para-hydroxylation sites is 2. The molecule has 2 aliphatic heterocycles. The summed E-state index contributed by atoms with van der Waals surface area (Å²) in [5.41, 5.74) is 3.14. The van der Waals surface area contributed by atoms with Crippen molar-refractivity contribution in [2.45, 2.75) is 32.2 Å². The highest BCUT2D eigenvalue weighted by Gasteiger charge is 2.34. The molecule has 5 heteroatoms. The lowest BCUT2D eigenvalue weighted by Gasteiger charge is -2.36. The van der Waals surface area contributed by atoms with E-state index >= 15 is 0 Å². The van der Waals surface area contributed by atoms with Gasteiger partial charge in [-0.3, -0.25) is 14.5 Å². The van der Waals surface area contributed by atoms with Crippen LogP contribution in [0.4, 0.5) is 11.4 Å². The Morgan fingerprint density at radius 2 is 1.64 bits per heavy atom. The van der Waals surface area contributed by atoms with Crippen LogP contribution in [0.5, 0.6) is 0 Å². The molecule has 2 aromatic rings. The Hall–Kier alpha value is -2.66. The number of likely N-dealkylation sites (tertiary alicyclic amines) is 1. The predicted molar refractivity (Wildman–Crippen MR) is 111 cm³/mol. The quantitative estimate of drug-likeness (QED) is 0.889. The Labute approximate surface area is 166 Å². The number of hydrogen-bond donors (Lipinski definition) is 1. The zero-order valence-electron chi connectivity index (χ0n) is 16.3. The van der Waals surface area contributed by atoms with Crippen molar-refractivity contribution >= 4 is 23.2 Å². The predicted octanol–water partition coefficient (Wildman–Crippen LogP) is 3.31. The average Bonchev–Trinajstić information content (AvgIpc) is 3.17. The van der Waals surface area contributed by atoms with Gasteiger partial charge in [-0.25, -0.2) is 0 Å². The third-order valence-corrected chi connectivity index (χ3v) is 6.00. The van der Waals surface area contributed by atoms with E-state index in [1.165, 1.54) is 5.56 Å². The van der Waals surface area contributed by atoms with Gasteiger partial charge in [-0.15, -0.1) is 0 Å². The second-order valence-corrected chi connectivity index (χ2v) is 7.71. The van der Waals surface area contributed by atoms with E-state index in [2.05, 4.69) is 16.3 Å². The van der Waals surface area contributed by atoms with E-state index in [-0.39, 0.29) is 23.8 Å². The van der Waals surface area contributed by atoms with Crippen LogP contribution in [-0.2, 0) is 16.0 Å². The molecule has 0 radical (unpaired) electrons. The molecule has 2 heterocycles. The first-order chi connectivity index (χ1) is 13.6. The van der Waals surface area contributed by atoms with Crippen molar-refractivity contribution < 1.29 is 9.59 Å². The van der Waals surface area contributed by atoms with Crippen LogP contribution in [0.25, 0.3) is 0 Å². The number of anilines is 2. The zero-order chi connectivity index (χ0) is 19.5. The zero-order valence-corrected chi connectivity index (χ0v) is 16.3. The van der Waals surface area contributed by atoms with Gasteiger partial charge in [0, 0.05) is 23.8 Å². The van der Waals surface area contributed by atoms with E-state index in [9.17, 15) is 9.59 Å². The normalized spacial score (nSPS) is 18.5. The van der Waals surface area contributed by atoms with E-state index in [0.29, 0.717) is 0 Å². The van der Waals surface area contributed by atoms with Crippen LogP contribution in [0, 0.1) is 5.92 Å². The van der Waals surface area contributed by atoms with Gasteiger partial charge < -0.3 is 10.2 Å². The third-order valence-electron chi connectivity index (χ3n) is 6.00. The van der Waals surface area contributed by atoms with Gasteiger partial charge in [0.15, 0.2) is 0 Å². The average molecular weight is 377 g/mol. The maximum Gasteiger partial charge on any atom is 0.244 e. The van der Waals surface area contributed by atoms with Crippen LogP contribution in [0.2, 0.25) is 0 Å². The standard InChI is InChI=1S/C23H27N3O2/c1-17(23(28)26-16-13-18-7-5-6-10-21(18)26)25-14-11-19(12-15-25)22(27)24-20-8-3-2-4-9-20/h2-10,17,19H,11-16H2,1H3,(H,24,27). The number of nitrogens with zero attached hydrogens (tertiary/aromatic N) is 2. The SMILES string of the molecule is CC(C(=O)N1CCc2ccccc21)N1CCC(C(=O)Nc2ccccc2)CC1. The van der Waals surface area contributed by atoms with Crippen LogP contribution in [-0.4, -0.2) is 42.4 Å². The number of rotatable bonds is 4. The highest BCUT2D eigenvalue weighted by Crippen LogP contribution is 2.29. The van der Waals surface area contributed by atoms with Crippen LogP contribution in [0.15, 0.2) is 54.6 Å². The summed E-state index contributed by atoms with van der Waals surface area (Å²) in [5.74, 6) is 0.252. The Kier molecular flexibility index (Phi) is 5.44. The number of nitrogens with one attached hydrogen (secondary N) is 1. The summed E-state index contributed by atoms with van der Waals surface area (Å²) in [6.45, 7) is 4.30. The maximum atomic E-state index is 13.1. The lowest BCUT2D eigenvalue weighted by atomic mass is 9.94. The topological polar surface area (TPSA) is 52.7 Å². The number of hydrogen-bond acceptors (Lipinski definition) is 3. The molecular formula is C23H27N3O2. The maximum absolute atomic E-state index is 13.1. The van der Waals surface area contributed by atoms with Crippen molar-refractivity contribution in [3.63, 3.8) is 0 Å². The molecule has 0 spiro atoms. The first-order valence-electron chi connectivity index (χ1n) is 10.1. The molecule has 1 atom stereocenters. The molecule has 5 nitrogen and oxygen atoms in total. The summed E-state index contributed by atoms with van der Waals surface area (Å²) in [6, 6.07) is 17.6. The number of fused-ring (bicyclic) bond motifs is 1. The summed E-state index contributed by atoms with van der Waals surface area (Å²) in [6.07, 6.45) is 2.50. The molecule has 1 N–H and O–H groups in total. The van der Waals surface area contributed by atoms with E-state index in [4.69, 9.17) is 0 Å². The van der Waals surface area contributed by atoms with Crippen LogP contribution in [0.1, 0.15) is 25.3 Å². The largest absolute Gasteiger partial charge is 0.326 e. The minimum atomic E-state index is -0.163. The van der Waals surface area contributed by atoms with Crippen molar-refractivity contribution in [1.29, 1.82) is 0 Å². The highest BCUT2D eigenvalue weighted by atomic mass is 16.2. The first-order valence-corrected chi connectivity index (χ1v) is 10.1. The molecule has 0 saturated carbocycles. The number of carbonyl (C=O) groups excluding carboxylic acids is 2. The third kappa shape index (κ3) is 3.80. The Morgan fingerprint density at radius 3 is 2.39 bits per heavy atom. The van der Waals surface area contributed by atoms with Crippen molar-refractivity contribution in [3.8, 4) is 0 Å². The number of amides is 2. The molecule has 1 fully saturated rings. The van der Waals surface area contributed by atoms with Crippen molar-refractivity contribution in [2.75, 3.05) is 29.9 Å². The van der Waals surface area contributed by atoms with E-state index < -0.39 is 0 Å². The molecule has 2 amide bonds. The fraction of sp³-hybridized carbons (Fsp3) is 0.391. The van der Waals surface area contributed by atoms with Gasteiger partial charge in [-0.1, -0.05) is 36.4 Å². The fourth-order valence-corrected chi connectivity index (χ4v) is 4.26. The summed E-state index contributed by atoms with van der Waals surface area (Å²) >= 11 is 0. The van der Waals surface area contributed by atoms with Gasteiger partial charge in [0.1, 0.15) is 0 Å². The van der Waals surface area contributed by atoms with E-state index in [1.807, 2.05) is 60.4 Å². The molecule has 2 aromatic carbocycles. The van der Waals surface area contributed by atoms with Crippen molar-refractivity contribution in [1.82, 2.24) is 4.90 Å². The monoisotopic (exact) mass is 377 g/mol. The van der Waals surface area contributed by atoms with Crippen molar-refractivity contribution in [3.05, 3.63) is 60.2 Å². The molecule has 0 bridgehead atoms. The lowest BCUT2D eigenvalue weighted by molar-refractivity contribution is -0.124. The Balaban J connectivity index is 1.32. The van der Waals surface area contributed by atoms with Gasteiger partial charge >= 0.3 is 0 Å². The molecule has 0 aliphatic carbocycles. The lowest BCUT2D eigenvalue weighted by Crippen LogP contribution is -2.50. The van der Waals surface area contributed by atoms with Gasteiger partial charge in [-0.05, 0) is 63.0 Å². The molecule has 0 aromatic heterocycles. The van der Waals surface area contributed by atoms with Crippen molar-refractivity contribution in [2.24, 2.45) is 5.92 Å².